The van der Waals surface area contributed by atoms with Crippen molar-refractivity contribution in [1.82, 2.24) is 0 Å². The maximum absolute atomic E-state index is 6.52. The van der Waals surface area contributed by atoms with Crippen molar-refractivity contribution < 1.29 is 0 Å². The number of hydrogen-bond acceptors (Lipinski definition) is 1. The van der Waals surface area contributed by atoms with Gasteiger partial charge in [0.1, 0.15) is 0 Å². The molecule has 0 aliphatic heterocycles. The Morgan fingerprint density at radius 2 is 1.94 bits per heavy atom. The quantitative estimate of drug-likeness (QED) is 0.824. The molecule has 2 unspecified atom stereocenters. The first-order valence-electron chi connectivity index (χ1n) is 7.59. The number of nitrogens with two attached hydrogens (primary N) is 1. The second-order valence-corrected chi connectivity index (χ2v) is 5.78. The van der Waals surface area contributed by atoms with Crippen LogP contribution in [0.5, 0.6) is 0 Å². The number of fused-ring (bicyclic) bond motifs is 1. The topological polar surface area (TPSA) is 26.0 Å². The van der Waals surface area contributed by atoms with E-state index in [0.29, 0.717) is 12.0 Å². The van der Waals surface area contributed by atoms with Crippen LogP contribution in [0.25, 0.3) is 0 Å². The van der Waals surface area contributed by atoms with Crippen LogP contribution in [0.3, 0.4) is 0 Å². The molecule has 2 atom stereocenters. The second-order valence-electron chi connectivity index (χ2n) is 5.78. The van der Waals surface area contributed by atoms with Gasteiger partial charge in [0, 0.05) is 6.04 Å². The minimum atomic E-state index is 0.344. The molecule has 18 heavy (non-hydrogen) atoms. The third kappa shape index (κ3) is 2.95. The summed E-state index contributed by atoms with van der Waals surface area (Å²) in [7, 11) is 0. The van der Waals surface area contributed by atoms with Crippen LogP contribution in [0.4, 0.5) is 0 Å². The summed E-state index contributed by atoms with van der Waals surface area (Å²) in [6.45, 7) is 4.57. The molecule has 0 amide bonds. The highest BCUT2D eigenvalue weighted by Crippen LogP contribution is 2.35. The summed E-state index contributed by atoms with van der Waals surface area (Å²) >= 11 is 0. The SMILES string of the molecule is CCC(CC)CC(N)C1CCCc2ccccc21. The van der Waals surface area contributed by atoms with Gasteiger partial charge in [-0.1, -0.05) is 51.0 Å². The zero-order chi connectivity index (χ0) is 13.0. The smallest absolute Gasteiger partial charge is 0.0111 e. The van der Waals surface area contributed by atoms with Crippen molar-refractivity contribution in [3.63, 3.8) is 0 Å². The van der Waals surface area contributed by atoms with E-state index in [4.69, 9.17) is 5.73 Å². The van der Waals surface area contributed by atoms with Crippen LogP contribution in [-0.4, -0.2) is 6.04 Å². The molecule has 1 aromatic carbocycles. The van der Waals surface area contributed by atoms with Crippen molar-refractivity contribution in [2.45, 2.75) is 64.3 Å². The van der Waals surface area contributed by atoms with Crippen LogP contribution in [0.15, 0.2) is 24.3 Å². The van der Waals surface area contributed by atoms with Crippen molar-refractivity contribution in [3.8, 4) is 0 Å². The molecule has 1 aromatic rings. The lowest BCUT2D eigenvalue weighted by Crippen LogP contribution is -2.32. The van der Waals surface area contributed by atoms with Gasteiger partial charge in [0.25, 0.3) is 0 Å². The molecule has 1 nitrogen and oxygen atoms in total. The molecule has 0 fully saturated rings. The third-order valence-electron chi connectivity index (χ3n) is 4.69. The highest BCUT2D eigenvalue weighted by atomic mass is 14.7. The summed E-state index contributed by atoms with van der Waals surface area (Å²) in [5, 5.41) is 0. The van der Waals surface area contributed by atoms with E-state index in [0.717, 1.165) is 5.92 Å². The minimum Gasteiger partial charge on any atom is -0.327 e. The van der Waals surface area contributed by atoms with Gasteiger partial charge in [-0.2, -0.15) is 0 Å². The van der Waals surface area contributed by atoms with Gasteiger partial charge in [0.2, 0.25) is 0 Å². The Bertz CT molecular complexity index is 368. The maximum Gasteiger partial charge on any atom is 0.0111 e. The fourth-order valence-electron chi connectivity index (χ4n) is 3.41. The zero-order valence-corrected chi connectivity index (χ0v) is 11.9. The number of hydrogen-bond donors (Lipinski definition) is 1. The van der Waals surface area contributed by atoms with Crippen molar-refractivity contribution >= 4 is 0 Å². The molecule has 0 heterocycles. The van der Waals surface area contributed by atoms with Crippen LogP contribution in [0.2, 0.25) is 0 Å². The first-order chi connectivity index (χ1) is 8.76. The van der Waals surface area contributed by atoms with Crippen molar-refractivity contribution in [1.29, 1.82) is 0 Å². The van der Waals surface area contributed by atoms with Gasteiger partial charge in [-0.3, -0.25) is 0 Å². The molecular weight excluding hydrogens is 218 g/mol. The van der Waals surface area contributed by atoms with E-state index < -0.39 is 0 Å². The molecule has 0 radical (unpaired) electrons. The molecular formula is C17H27N. The summed E-state index contributed by atoms with van der Waals surface area (Å²) in [6, 6.07) is 9.25. The van der Waals surface area contributed by atoms with E-state index >= 15 is 0 Å². The number of rotatable bonds is 5. The Labute approximate surface area is 112 Å². The van der Waals surface area contributed by atoms with Gasteiger partial charge in [-0.15, -0.1) is 0 Å². The van der Waals surface area contributed by atoms with Crippen LogP contribution >= 0.6 is 0 Å². The molecule has 1 aliphatic carbocycles. The van der Waals surface area contributed by atoms with E-state index in [1.165, 1.54) is 49.7 Å². The summed E-state index contributed by atoms with van der Waals surface area (Å²) in [5.74, 6) is 1.39. The highest BCUT2D eigenvalue weighted by molar-refractivity contribution is 5.33. The van der Waals surface area contributed by atoms with Gasteiger partial charge in [0.15, 0.2) is 0 Å². The van der Waals surface area contributed by atoms with E-state index in [9.17, 15) is 0 Å². The molecule has 0 aromatic heterocycles. The molecule has 1 aliphatic rings. The van der Waals surface area contributed by atoms with E-state index in [-0.39, 0.29) is 0 Å². The fraction of sp³-hybridized carbons (Fsp3) is 0.647. The summed E-state index contributed by atoms with van der Waals surface area (Å²) in [5.41, 5.74) is 9.58. The van der Waals surface area contributed by atoms with Crippen molar-refractivity contribution in [2.24, 2.45) is 11.7 Å². The van der Waals surface area contributed by atoms with Gasteiger partial charge < -0.3 is 5.73 Å². The summed E-state index contributed by atoms with van der Waals surface area (Å²) in [4.78, 5) is 0. The highest BCUT2D eigenvalue weighted by Gasteiger charge is 2.26. The first-order valence-corrected chi connectivity index (χ1v) is 7.59. The van der Waals surface area contributed by atoms with E-state index in [1.807, 2.05) is 0 Å². The minimum absolute atomic E-state index is 0.344. The van der Waals surface area contributed by atoms with Crippen molar-refractivity contribution in [3.05, 3.63) is 35.4 Å². The number of benzene rings is 1. The van der Waals surface area contributed by atoms with Gasteiger partial charge in [0.05, 0.1) is 0 Å². The standard InChI is InChI=1S/C17H27N/c1-3-13(4-2)12-17(18)16-11-7-9-14-8-5-6-10-15(14)16/h5-6,8,10,13,16-17H,3-4,7,9,11-12,18H2,1-2H3. The molecule has 0 spiro atoms. The molecule has 0 saturated carbocycles. The average Bonchev–Trinajstić information content (AvgIpc) is 2.43. The van der Waals surface area contributed by atoms with Crippen molar-refractivity contribution in [2.75, 3.05) is 0 Å². The normalized spacial score (nSPS) is 20.8. The maximum atomic E-state index is 6.52. The van der Waals surface area contributed by atoms with Gasteiger partial charge >= 0.3 is 0 Å². The Kier molecular flexibility index (Phi) is 4.82. The van der Waals surface area contributed by atoms with Gasteiger partial charge in [-0.25, -0.2) is 0 Å². The lowest BCUT2D eigenvalue weighted by Gasteiger charge is -2.32. The molecule has 1 heteroatoms. The summed E-state index contributed by atoms with van der Waals surface area (Å²) in [6.07, 6.45) is 7.53. The third-order valence-corrected chi connectivity index (χ3v) is 4.69. The second kappa shape index (κ2) is 6.38. The Balaban J connectivity index is 2.10. The van der Waals surface area contributed by atoms with Crippen LogP contribution in [0, 0.1) is 5.92 Å². The Morgan fingerprint density at radius 3 is 2.67 bits per heavy atom. The molecule has 100 valence electrons. The zero-order valence-electron chi connectivity index (χ0n) is 11.9. The largest absolute Gasteiger partial charge is 0.327 e. The lowest BCUT2D eigenvalue weighted by atomic mass is 9.76. The monoisotopic (exact) mass is 245 g/mol. The molecule has 2 rings (SSSR count). The van der Waals surface area contributed by atoms with Crippen LogP contribution < -0.4 is 5.73 Å². The lowest BCUT2D eigenvalue weighted by molar-refractivity contribution is 0.355. The fourth-order valence-corrected chi connectivity index (χ4v) is 3.41. The van der Waals surface area contributed by atoms with E-state index in [2.05, 4.69) is 38.1 Å². The van der Waals surface area contributed by atoms with E-state index in [1.54, 1.807) is 0 Å². The predicted octanol–water partition coefficient (Wildman–Crippen LogP) is 4.26. The first kappa shape index (κ1) is 13.6. The molecule has 2 N–H and O–H groups in total. The van der Waals surface area contributed by atoms with Crippen LogP contribution in [-0.2, 0) is 6.42 Å². The molecule has 0 saturated heterocycles. The predicted molar refractivity (Wildman–Crippen MR) is 78.8 cm³/mol. The van der Waals surface area contributed by atoms with Gasteiger partial charge in [-0.05, 0) is 48.6 Å². The summed E-state index contributed by atoms with van der Waals surface area (Å²) < 4.78 is 0. The Morgan fingerprint density at radius 1 is 1.22 bits per heavy atom. The van der Waals surface area contributed by atoms with Crippen LogP contribution in [0.1, 0.15) is 63.0 Å². The average molecular weight is 245 g/mol. The number of aryl methyl sites for hydroxylation is 1. The molecule has 0 bridgehead atoms. The Hall–Kier alpha value is -0.820.